The molecule has 24 heavy (non-hydrogen) atoms. The Morgan fingerprint density at radius 2 is 2.04 bits per heavy atom. The van der Waals surface area contributed by atoms with Crippen molar-refractivity contribution in [1.29, 1.82) is 0 Å². The van der Waals surface area contributed by atoms with Crippen molar-refractivity contribution in [2.24, 2.45) is 0 Å². The molecule has 2 aliphatic heterocycles. The number of H-pyrrole nitrogens is 1. The van der Waals surface area contributed by atoms with Crippen LogP contribution in [0.25, 0.3) is 0 Å². The highest BCUT2D eigenvalue weighted by molar-refractivity contribution is 5.99. The zero-order valence-corrected chi connectivity index (χ0v) is 13.5. The molecule has 0 bridgehead atoms. The quantitative estimate of drug-likeness (QED) is 0.942. The molecule has 3 heterocycles. The van der Waals surface area contributed by atoms with Crippen LogP contribution in [0.15, 0.2) is 36.5 Å². The number of carbonyl (C=O) groups excluding carboxylic acids is 1. The van der Waals surface area contributed by atoms with Gasteiger partial charge in [-0.3, -0.25) is 14.8 Å². The third-order valence-corrected chi connectivity index (χ3v) is 5.18. The van der Waals surface area contributed by atoms with Crippen LogP contribution < -0.4 is 4.90 Å². The van der Waals surface area contributed by atoms with Crippen LogP contribution in [0, 0.1) is 5.82 Å². The molecular formula is C18H21FN4O. The molecule has 5 nitrogen and oxygen atoms in total. The molecule has 2 saturated heterocycles. The zero-order valence-electron chi connectivity index (χ0n) is 13.5. The lowest BCUT2D eigenvalue weighted by Crippen LogP contribution is -2.46. The standard InChI is InChI=1S/C18H21FN4O/c19-14-5-1-2-6-16(14)23-11-8-17(18(23)24)22-10-3-4-13(12-22)15-7-9-20-21-15/h1-2,5-7,9,13,17H,3-4,8,10-12H2,(H,20,21)/t13-,17-/m1/s1. The van der Waals surface area contributed by atoms with Crippen molar-refractivity contribution in [3.05, 3.63) is 48.0 Å². The van der Waals surface area contributed by atoms with E-state index in [-0.39, 0.29) is 17.8 Å². The number of aromatic nitrogens is 2. The molecule has 2 atom stereocenters. The maximum absolute atomic E-state index is 14.0. The van der Waals surface area contributed by atoms with Crippen molar-refractivity contribution in [2.45, 2.75) is 31.2 Å². The van der Waals surface area contributed by atoms with Crippen LogP contribution in [0.1, 0.15) is 30.9 Å². The first-order valence-corrected chi connectivity index (χ1v) is 8.53. The van der Waals surface area contributed by atoms with Gasteiger partial charge in [-0.2, -0.15) is 5.10 Å². The van der Waals surface area contributed by atoms with Crippen molar-refractivity contribution >= 4 is 11.6 Å². The lowest BCUT2D eigenvalue weighted by molar-refractivity contribution is -0.122. The zero-order chi connectivity index (χ0) is 16.5. The SMILES string of the molecule is O=C1[C@H](N2CCC[C@@H](c3ccn[nH]3)C2)CCN1c1ccccc1F. The monoisotopic (exact) mass is 328 g/mol. The van der Waals surface area contributed by atoms with Gasteiger partial charge in [-0.15, -0.1) is 0 Å². The first-order valence-electron chi connectivity index (χ1n) is 8.53. The first-order chi connectivity index (χ1) is 11.7. The maximum atomic E-state index is 14.0. The van der Waals surface area contributed by atoms with Gasteiger partial charge in [-0.1, -0.05) is 12.1 Å². The normalized spacial score (nSPS) is 25.4. The summed E-state index contributed by atoms with van der Waals surface area (Å²) in [5.74, 6) is 0.0717. The van der Waals surface area contributed by atoms with Gasteiger partial charge < -0.3 is 4.90 Å². The molecule has 0 spiro atoms. The second-order valence-electron chi connectivity index (χ2n) is 6.59. The number of likely N-dealkylation sites (tertiary alicyclic amines) is 1. The summed E-state index contributed by atoms with van der Waals surface area (Å²) >= 11 is 0. The van der Waals surface area contributed by atoms with Crippen LogP contribution >= 0.6 is 0 Å². The molecule has 1 aromatic carbocycles. The molecule has 1 amide bonds. The van der Waals surface area contributed by atoms with E-state index in [4.69, 9.17) is 0 Å². The van der Waals surface area contributed by atoms with E-state index in [0.717, 1.165) is 38.0 Å². The number of rotatable bonds is 3. The summed E-state index contributed by atoms with van der Waals surface area (Å²) in [7, 11) is 0. The highest BCUT2D eigenvalue weighted by atomic mass is 19.1. The number of halogens is 1. The Hall–Kier alpha value is -2.21. The van der Waals surface area contributed by atoms with Gasteiger partial charge in [0.25, 0.3) is 0 Å². The largest absolute Gasteiger partial charge is 0.308 e. The Morgan fingerprint density at radius 1 is 1.17 bits per heavy atom. The first kappa shape index (κ1) is 15.3. The van der Waals surface area contributed by atoms with E-state index in [1.165, 1.54) is 6.07 Å². The molecule has 126 valence electrons. The minimum absolute atomic E-state index is 0.0189. The smallest absolute Gasteiger partial charge is 0.244 e. The Kier molecular flexibility index (Phi) is 4.06. The van der Waals surface area contributed by atoms with E-state index in [9.17, 15) is 9.18 Å². The van der Waals surface area contributed by atoms with E-state index < -0.39 is 0 Å². The Morgan fingerprint density at radius 3 is 2.83 bits per heavy atom. The number of nitrogens with zero attached hydrogens (tertiary/aromatic N) is 3. The number of nitrogens with one attached hydrogen (secondary N) is 1. The third-order valence-electron chi connectivity index (χ3n) is 5.18. The molecule has 0 saturated carbocycles. The number of hydrogen-bond donors (Lipinski definition) is 1. The van der Waals surface area contributed by atoms with Gasteiger partial charge in [-0.25, -0.2) is 4.39 Å². The molecule has 2 aromatic rings. The average Bonchev–Trinajstić information content (AvgIpc) is 3.26. The van der Waals surface area contributed by atoms with Gasteiger partial charge in [0.1, 0.15) is 5.82 Å². The summed E-state index contributed by atoms with van der Waals surface area (Å²) in [6, 6.07) is 8.38. The maximum Gasteiger partial charge on any atom is 0.244 e. The lowest BCUT2D eigenvalue weighted by Gasteiger charge is -2.35. The van der Waals surface area contributed by atoms with Crippen molar-refractivity contribution in [1.82, 2.24) is 15.1 Å². The van der Waals surface area contributed by atoms with E-state index in [1.807, 2.05) is 6.07 Å². The predicted molar refractivity (Wildman–Crippen MR) is 89.3 cm³/mol. The van der Waals surface area contributed by atoms with Gasteiger partial charge >= 0.3 is 0 Å². The number of carbonyl (C=O) groups is 1. The van der Waals surface area contributed by atoms with Crippen LogP contribution in [0.4, 0.5) is 10.1 Å². The third kappa shape index (κ3) is 2.71. The second kappa shape index (κ2) is 6.36. The van der Waals surface area contributed by atoms with E-state index >= 15 is 0 Å². The van der Waals surface area contributed by atoms with Crippen LogP contribution in [0.3, 0.4) is 0 Å². The number of benzene rings is 1. The molecule has 0 radical (unpaired) electrons. The fraction of sp³-hybridized carbons (Fsp3) is 0.444. The van der Waals surface area contributed by atoms with Gasteiger partial charge in [0, 0.05) is 30.9 Å². The Labute approximate surface area is 140 Å². The molecule has 0 aliphatic carbocycles. The van der Waals surface area contributed by atoms with Gasteiger partial charge in [0.15, 0.2) is 0 Å². The van der Waals surface area contributed by atoms with Crippen LogP contribution in [-0.2, 0) is 4.79 Å². The summed E-state index contributed by atoms with van der Waals surface area (Å²) in [5, 5.41) is 7.09. The van der Waals surface area contributed by atoms with Crippen molar-refractivity contribution in [2.75, 3.05) is 24.5 Å². The van der Waals surface area contributed by atoms with Crippen molar-refractivity contribution in [3.63, 3.8) is 0 Å². The van der Waals surface area contributed by atoms with Gasteiger partial charge in [-0.05, 0) is 44.0 Å². The van der Waals surface area contributed by atoms with E-state index in [1.54, 1.807) is 29.3 Å². The number of hydrogen-bond acceptors (Lipinski definition) is 3. The van der Waals surface area contributed by atoms with Crippen molar-refractivity contribution in [3.8, 4) is 0 Å². The molecule has 2 fully saturated rings. The molecule has 6 heteroatoms. The summed E-state index contributed by atoms with van der Waals surface area (Å²) in [6.45, 7) is 2.35. The predicted octanol–water partition coefficient (Wildman–Crippen LogP) is 2.53. The fourth-order valence-corrected chi connectivity index (χ4v) is 3.95. The van der Waals surface area contributed by atoms with Gasteiger partial charge in [0.05, 0.1) is 11.7 Å². The molecular weight excluding hydrogens is 307 g/mol. The van der Waals surface area contributed by atoms with Crippen molar-refractivity contribution < 1.29 is 9.18 Å². The number of para-hydroxylation sites is 1. The van der Waals surface area contributed by atoms with E-state index in [2.05, 4.69) is 15.1 Å². The lowest BCUT2D eigenvalue weighted by atomic mass is 9.93. The van der Waals surface area contributed by atoms with Crippen LogP contribution in [0.2, 0.25) is 0 Å². The number of piperidine rings is 1. The average molecular weight is 328 g/mol. The molecule has 4 rings (SSSR count). The summed E-state index contributed by atoms with van der Waals surface area (Å²) in [6.07, 6.45) is 4.70. The minimum atomic E-state index is -0.333. The van der Waals surface area contributed by atoms with E-state index in [0.29, 0.717) is 18.2 Å². The number of anilines is 1. The van der Waals surface area contributed by atoms with Crippen LogP contribution in [0.5, 0.6) is 0 Å². The number of amides is 1. The Bertz CT molecular complexity index is 718. The summed E-state index contributed by atoms with van der Waals surface area (Å²) in [5.41, 5.74) is 1.53. The molecule has 2 aliphatic rings. The fourth-order valence-electron chi connectivity index (χ4n) is 3.95. The van der Waals surface area contributed by atoms with Crippen LogP contribution in [-0.4, -0.2) is 46.7 Å². The summed E-state index contributed by atoms with van der Waals surface area (Å²) < 4.78 is 14.0. The summed E-state index contributed by atoms with van der Waals surface area (Å²) in [4.78, 5) is 16.7. The number of aromatic amines is 1. The molecule has 1 aromatic heterocycles. The second-order valence-corrected chi connectivity index (χ2v) is 6.59. The molecule has 1 N–H and O–H groups in total. The Balaban J connectivity index is 1.49. The highest BCUT2D eigenvalue weighted by Gasteiger charge is 2.39. The topological polar surface area (TPSA) is 52.2 Å². The molecule has 0 unspecified atom stereocenters. The van der Waals surface area contributed by atoms with Gasteiger partial charge in [0.2, 0.25) is 5.91 Å². The minimum Gasteiger partial charge on any atom is -0.308 e. The highest BCUT2D eigenvalue weighted by Crippen LogP contribution is 2.31.